The summed E-state index contributed by atoms with van der Waals surface area (Å²) in [6.45, 7) is 5.46. The number of hydrogen-bond donors (Lipinski definition) is 0. The summed E-state index contributed by atoms with van der Waals surface area (Å²) in [7, 11) is 0. The van der Waals surface area contributed by atoms with Crippen molar-refractivity contribution in [3.8, 4) is 5.88 Å². The van der Waals surface area contributed by atoms with E-state index in [-0.39, 0.29) is 17.9 Å². The van der Waals surface area contributed by atoms with Crippen LogP contribution in [-0.2, 0) is 16.0 Å². The molecular formula is C27H27N7O5S. The van der Waals surface area contributed by atoms with Crippen LogP contribution >= 0.6 is 11.3 Å². The van der Waals surface area contributed by atoms with E-state index in [4.69, 9.17) is 14.2 Å². The summed E-state index contributed by atoms with van der Waals surface area (Å²) in [6, 6.07) is 8.69. The Bertz CT molecular complexity index is 1480. The predicted octanol–water partition coefficient (Wildman–Crippen LogP) is 4.18. The molecule has 40 heavy (non-hydrogen) atoms. The van der Waals surface area contributed by atoms with E-state index in [2.05, 4.69) is 42.3 Å². The molecule has 0 bridgehead atoms. The maximum Gasteiger partial charge on any atom is 0.418 e. The van der Waals surface area contributed by atoms with E-state index in [1.54, 1.807) is 13.0 Å². The second-order valence-corrected chi connectivity index (χ2v) is 10.5. The van der Waals surface area contributed by atoms with E-state index in [0.29, 0.717) is 35.2 Å². The zero-order valence-electron chi connectivity index (χ0n) is 22.2. The van der Waals surface area contributed by atoms with Crippen LogP contribution in [-0.4, -0.2) is 55.6 Å². The number of nitrogens with zero attached hydrogens (tertiary/aromatic N) is 7. The highest BCUT2D eigenvalue weighted by molar-refractivity contribution is 7.11. The van der Waals surface area contributed by atoms with E-state index in [1.165, 1.54) is 40.8 Å². The SMILES string of the molecule is Cc1ccc([C@H]2C[C@@H]2COc2cc(N(Cc3nnc(C)s3)C(=O)OCOC(=O)c3ccncc3)nc(C)n2)nc1. The average Bonchev–Trinajstić information content (AvgIpc) is 3.61. The van der Waals surface area contributed by atoms with Crippen molar-refractivity contribution in [2.45, 2.75) is 39.7 Å². The molecule has 0 aliphatic heterocycles. The Morgan fingerprint density at radius 1 is 1.05 bits per heavy atom. The van der Waals surface area contributed by atoms with E-state index in [0.717, 1.165) is 22.7 Å². The van der Waals surface area contributed by atoms with Gasteiger partial charge in [-0.15, -0.1) is 10.2 Å². The minimum atomic E-state index is -0.785. The lowest BCUT2D eigenvalue weighted by molar-refractivity contribution is -0.000713. The molecule has 1 aliphatic carbocycles. The Hall–Kier alpha value is -4.52. The Labute approximate surface area is 234 Å². The fourth-order valence-electron chi connectivity index (χ4n) is 3.98. The Balaban J connectivity index is 1.25. The van der Waals surface area contributed by atoms with Gasteiger partial charge in [-0.05, 0) is 51.0 Å². The number of carbonyl (C=O) groups excluding carboxylic acids is 2. The highest BCUT2D eigenvalue weighted by atomic mass is 32.1. The number of ether oxygens (including phenoxy) is 3. The standard InChI is InChI=1S/C27H27N7O5S/c1-16-4-5-22(29-12-16)21-10-20(21)14-37-24-11-23(30-17(2)31-24)34(13-25-33-32-18(3)40-25)27(36)39-15-38-26(35)19-6-8-28-9-7-19/h4-9,11-12,20-21H,10,13-15H2,1-3H3/t20-,21+/m1/s1. The summed E-state index contributed by atoms with van der Waals surface area (Å²) in [5, 5.41) is 9.46. The molecule has 5 rings (SSSR count). The summed E-state index contributed by atoms with van der Waals surface area (Å²) in [5.74, 6) is 1.04. The number of aryl methyl sites for hydroxylation is 3. The third-order valence-electron chi connectivity index (χ3n) is 6.13. The third-order valence-corrected chi connectivity index (χ3v) is 6.95. The molecule has 0 saturated heterocycles. The lowest BCUT2D eigenvalue weighted by Crippen LogP contribution is -2.33. The first-order chi connectivity index (χ1) is 19.4. The van der Waals surface area contributed by atoms with Crippen LogP contribution in [0.25, 0.3) is 0 Å². The summed E-state index contributed by atoms with van der Waals surface area (Å²) in [4.78, 5) is 43.8. The molecule has 0 aromatic carbocycles. The van der Waals surface area contributed by atoms with Gasteiger partial charge in [-0.2, -0.15) is 4.98 Å². The van der Waals surface area contributed by atoms with Gasteiger partial charge in [-0.25, -0.2) is 14.6 Å². The first-order valence-electron chi connectivity index (χ1n) is 12.6. The molecular weight excluding hydrogens is 534 g/mol. The fourth-order valence-corrected chi connectivity index (χ4v) is 4.68. The quantitative estimate of drug-likeness (QED) is 0.203. The molecule has 206 valence electrons. The van der Waals surface area contributed by atoms with E-state index < -0.39 is 18.9 Å². The smallest absolute Gasteiger partial charge is 0.418 e. The van der Waals surface area contributed by atoms with Crippen LogP contribution in [0.15, 0.2) is 48.9 Å². The van der Waals surface area contributed by atoms with Crippen molar-refractivity contribution >= 4 is 29.2 Å². The van der Waals surface area contributed by atoms with Crippen LogP contribution in [0, 0.1) is 26.7 Å². The fraction of sp³-hybridized carbons (Fsp3) is 0.333. The van der Waals surface area contributed by atoms with Gasteiger partial charge in [-0.3, -0.25) is 14.9 Å². The number of rotatable bonds is 10. The van der Waals surface area contributed by atoms with Gasteiger partial charge in [0.15, 0.2) is 0 Å². The molecule has 0 N–H and O–H groups in total. The lowest BCUT2D eigenvalue weighted by atomic mass is 10.2. The van der Waals surface area contributed by atoms with Gasteiger partial charge in [0, 0.05) is 42.2 Å². The molecule has 12 nitrogen and oxygen atoms in total. The van der Waals surface area contributed by atoms with Gasteiger partial charge in [0.1, 0.15) is 21.7 Å². The summed E-state index contributed by atoms with van der Waals surface area (Å²) in [5.41, 5.74) is 2.47. The van der Waals surface area contributed by atoms with Crippen LogP contribution in [0.2, 0.25) is 0 Å². The number of aromatic nitrogens is 6. The third kappa shape index (κ3) is 6.91. The second-order valence-electron chi connectivity index (χ2n) is 9.28. The van der Waals surface area contributed by atoms with Gasteiger partial charge in [-0.1, -0.05) is 17.4 Å². The van der Waals surface area contributed by atoms with Crippen LogP contribution < -0.4 is 9.64 Å². The highest BCUT2D eigenvalue weighted by Crippen LogP contribution is 2.46. The molecule has 1 saturated carbocycles. The molecule has 2 atom stereocenters. The number of pyridine rings is 2. The summed E-state index contributed by atoms with van der Waals surface area (Å²) < 4.78 is 16.4. The molecule has 4 aromatic heterocycles. The van der Waals surface area contributed by atoms with Crippen molar-refractivity contribution < 1.29 is 23.8 Å². The average molecular weight is 562 g/mol. The molecule has 0 radical (unpaired) electrons. The van der Waals surface area contributed by atoms with Gasteiger partial charge < -0.3 is 14.2 Å². The number of anilines is 1. The summed E-state index contributed by atoms with van der Waals surface area (Å²) in [6.07, 6.45) is 5.01. The number of amides is 1. The van der Waals surface area contributed by atoms with Gasteiger partial charge in [0.05, 0.1) is 18.7 Å². The van der Waals surface area contributed by atoms with Crippen molar-refractivity contribution in [1.82, 2.24) is 30.1 Å². The van der Waals surface area contributed by atoms with E-state index >= 15 is 0 Å². The Morgan fingerprint density at radius 2 is 1.88 bits per heavy atom. The molecule has 4 aromatic rings. The van der Waals surface area contributed by atoms with Crippen molar-refractivity contribution in [3.63, 3.8) is 0 Å². The second kappa shape index (κ2) is 12.1. The first-order valence-corrected chi connectivity index (χ1v) is 13.4. The van der Waals surface area contributed by atoms with E-state index in [9.17, 15) is 9.59 Å². The maximum atomic E-state index is 13.1. The number of hydrogen-bond acceptors (Lipinski definition) is 12. The van der Waals surface area contributed by atoms with Crippen molar-refractivity contribution in [3.05, 3.63) is 81.6 Å². The normalized spacial score (nSPS) is 15.8. The first kappa shape index (κ1) is 27.1. The van der Waals surface area contributed by atoms with Crippen molar-refractivity contribution in [2.75, 3.05) is 18.3 Å². The van der Waals surface area contributed by atoms with E-state index in [1.807, 2.05) is 20.0 Å². The summed E-state index contributed by atoms with van der Waals surface area (Å²) >= 11 is 1.34. The van der Waals surface area contributed by atoms with Crippen molar-refractivity contribution in [1.29, 1.82) is 0 Å². The minimum absolute atomic E-state index is 0.0440. The van der Waals surface area contributed by atoms with Gasteiger partial charge in [0.2, 0.25) is 12.7 Å². The van der Waals surface area contributed by atoms with Crippen molar-refractivity contribution in [2.24, 2.45) is 5.92 Å². The topological polar surface area (TPSA) is 142 Å². The molecule has 0 unspecified atom stereocenters. The lowest BCUT2D eigenvalue weighted by Gasteiger charge is -2.20. The Kier molecular flexibility index (Phi) is 8.20. The molecule has 4 heterocycles. The zero-order chi connectivity index (χ0) is 28.1. The van der Waals surface area contributed by atoms with Crippen LogP contribution in [0.4, 0.5) is 10.6 Å². The zero-order valence-corrected chi connectivity index (χ0v) is 23.0. The number of esters is 1. The molecule has 13 heteroatoms. The van der Waals surface area contributed by atoms with Gasteiger partial charge in [0.25, 0.3) is 0 Å². The Morgan fingerprint density at radius 3 is 2.60 bits per heavy atom. The predicted molar refractivity (Wildman–Crippen MR) is 144 cm³/mol. The highest BCUT2D eigenvalue weighted by Gasteiger charge is 2.40. The monoisotopic (exact) mass is 561 g/mol. The molecule has 0 spiro atoms. The van der Waals surface area contributed by atoms with Crippen LogP contribution in [0.5, 0.6) is 5.88 Å². The molecule has 1 aliphatic rings. The number of carbonyl (C=O) groups is 2. The van der Waals surface area contributed by atoms with Crippen LogP contribution in [0.3, 0.4) is 0 Å². The maximum absolute atomic E-state index is 13.1. The van der Waals surface area contributed by atoms with Gasteiger partial charge >= 0.3 is 12.1 Å². The minimum Gasteiger partial charge on any atom is -0.477 e. The largest absolute Gasteiger partial charge is 0.477 e. The molecule has 1 fully saturated rings. The van der Waals surface area contributed by atoms with Crippen LogP contribution in [0.1, 0.15) is 49.8 Å². The molecule has 1 amide bonds.